The molecule has 116 valence electrons. The van der Waals surface area contributed by atoms with Gasteiger partial charge < -0.3 is 10.3 Å². The van der Waals surface area contributed by atoms with Gasteiger partial charge in [0.15, 0.2) is 0 Å². The van der Waals surface area contributed by atoms with Gasteiger partial charge in [-0.2, -0.15) is 5.10 Å². The summed E-state index contributed by atoms with van der Waals surface area (Å²) in [5.74, 6) is 1.78. The molecular formula is C16H27N5. The highest BCUT2D eigenvalue weighted by Crippen LogP contribution is 2.32. The number of nitrogens with zero attached hydrogens (tertiary/aromatic N) is 4. The van der Waals surface area contributed by atoms with Crippen LogP contribution in [0.4, 0.5) is 5.82 Å². The normalized spacial score (nSPS) is 12.3. The van der Waals surface area contributed by atoms with Gasteiger partial charge in [-0.25, -0.2) is 4.98 Å². The molecule has 0 aliphatic rings. The van der Waals surface area contributed by atoms with Gasteiger partial charge in [-0.1, -0.05) is 6.92 Å². The standard InChI is InChI=1S/C16H27N5/c1-7-8-13-19-14(15(17)21(13)16(4,5)6)12-9-18-20(10-12)11(2)3/h9-11H,7-8,17H2,1-6H3. The van der Waals surface area contributed by atoms with E-state index >= 15 is 0 Å². The van der Waals surface area contributed by atoms with Gasteiger partial charge in [0, 0.05) is 29.8 Å². The zero-order chi connectivity index (χ0) is 15.8. The molecule has 0 bridgehead atoms. The van der Waals surface area contributed by atoms with Crippen LogP contribution in [0.3, 0.4) is 0 Å². The Morgan fingerprint density at radius 3 is 2.43 bits per heavy atom. The van der Waals surface area contributed by atoms with Gasteiger partial charge in [0.1, 0.15) is 17.3 Å². The fourth-order valence-electron chi connectivity index (χ4n) is 2.58. The first-order valence-corrected chi connectivity index (χ1v) is 7.67. The van der Waals surface area contributed by atoms with E-state index in [1.54, 1.807) is 0 Å². The Morgan fingerprint density at radius 1 is 1.29 bits per heavy atom. The first-order valence-electron chi connectivity index (χ1n) is 7.67. The quantitative estimate of drug-likeness (QED) is 0.935. The minimum Gasteiger partial charge on any atom is -0.383 e. The molecule has 5 heteroatoms. The number of nitrogens with two attached hydrogens (primary N) is 1. The van der Waals surface area contributed by atoms with Crippen LogP contribution in [0.5, 0.6) is 0 Å². The van der Waals surface area contributed by atoms with Crippen molar-refractivity contribution >= 4 is 5.82 Å². The van der Waals surface area contributed by atoms with Crippen LogP contribution in [0.1, 0.15) is 59.8 Å². The van der Waals surface area contributed by atoms with Crippen LogP contribution in [0, 0.1) is 0 Å². The number of imidazole rings is 1. The first kappa shape index (κ1) is 15.6. The molecule has 0 aliphatic heterocycles. The van der Waals surface area contributed by atoms with Crippen molar-refractivity contribution in [3.63, 3.8) is 0 Å². The van der Waals surface area contributed by atoms with Crippen molar-refractivity contribution in [1.29, 1.82) is 0 Å². The van der Waals surface area contributed by atoms with E-state index < -0.39 is 0 Å². The van der Waals surface area contributed by atoms with Crippen molar-refractivity contribution in [2.24, 2.45) is 0 Å². The predicted molar refractivity (Wildman–Crippen MR) is 87.2 cm³/mol. The summed E-state index contributed by atoms with van der Waals surface area (Å²) >= 11 is 0. The molecule has 21 heavy (non-hydrogen) atoms. The summed E-state index contributed by atoms with van der Waals surface area (Å²) in [6.45, 7) is 12.9. The van der Waals surface area contributed by atoms with Crippen molar-refractivity contribution in [3.8, 4) is 11.3 Å². The topological polar surface area (TPSA) is 61.7 Å². The number of nitrogen functional groups attached to an aromatic ring is 1. The van der Waals surface area contributed by atoms with Gasteiger partial charge in [0.25, 0.3) is 0 Å². The minimum absolute atomic E-state index is 0.0755. The molecule has 0 aliphatic carbocycles. The molecule has 0 amide bonds. The number of aromatic nitrogens is 4. The molecule has 0 spiro atoms. The third-order valence-corrected chi connectivity index (χ3v) is 3.53. The smallest absolute Gasteiger partial charge is 0.132 e. The highest BCUT2D eigenvalue weighted by molar-refractivity contribution is 5.70. The molecule has 0 saturated carbocycles. The Bertz CT molecular complexity index is 613. The zero-order valence-electron chi connectivity index (χ0n) is 14.0. The Kier molecular flexibility index (Phi) is 4.12. The number of anilines is 1. The van der Waals surface area contributed by atoms with Crippen LogP contribution < -0.4 is 5.73 Å². The first-order chi connectivity index (χ1) is 9.75. The molecule has 5 nitrogen and oxygen atoms in total. The van der Waals surface area contributed by atoms with Gasteiger partial charge in [0.2, 0.25) is 0 Å². The zero-order valence-corrected chi connectivity index (χ0v) is 14.0. The van der Waals surface area contributed by atoms with E-state index in [2.05, 4.69) is 51.2 Å². The molecule has 0 radical (unpaired) electrons. The Hall–Kier alpha value is -1.78. The van der Waals surface area contributed by atoms with Gasteiger partial charge >= 0.3 is 0 Å². The summed E-state index contributed by atoms with van der Waals surface area (Å²) in [6.07, 6.45) is 5.85. The summed E-state index contributed by atoms with van der Waals surface area (Å²) in [6, 6.07) is 0.333. The minimum atomic E-state index is -0.0755. The molecular weight excluding hydrogens is 262 g/mol. The number of hydrogen-bond acceptors (Lipinski definition) is 3. The lowest BCUT2D eigenvalue weighted by atomic mass is 10.1. The lowest BCUT2D eigenvalue weighted by Crippen LogP contribution is -2.25. The summed E-state index contributed by atoms with van der Waals surface area (Å²) < 4.78 is 4.09. The average Bonchev–Trinajstić information content (AvgIpc) is 2.93. The maximum Gasteiger partial charge on any atom is 0.132 e. The predicted octanol–water partition coefficient (Wildman–Crippen LogP) is 3.62. The number of rotatable bonds is 4. The Morgan fingerprint density at radius 2 is 1.95 bits per heavy atom. The van der Waals surface area contributed by atoms with Crippen LogP contribution in [0.2, 0.25) is 0 Å². The fourth-order valence-corrected chi connectivity index (χ4v) is 2.58. The molecule has 0 saturated heterocycles. The molecule has 2 N–H and O–H groups in total. The molecule has 0 unspecified atom stereocenters. The van der Waals surface area contributed by atoms with E-state index in [4.69, 9.17) is 10.7 Å². The van der Waals surface area contributed by atoms with Gasteiger partial charge in [0.05, 0.1) is 6.20 Å². The van der Waals surface area contributed by atoms with Crippen molar-refractivity contribution in [1.82, 2.24) is 19.3 Å². The molecule has 0 aromatic carbocycles. The van der Waals surface area contributed by atoms with E-state index in [0.29, 0.717) is 6.04 Å². The lowest BCUT2D eigenvalue weighted by molar-refractivity contribution is 0.387. The van der Waals surface area contributed by atoms with Crippen molar-refractivity contribution in [2.75, 3.05) is 5.73 Å². The van der Waals surface area contributed by atoms with Crippen LogP contribution in [0.25, 0.3) is 11.3 Å². The SMILES string of the molecule is CCCc1nc(-c2cnn(C(C)C)c2)c(N)n1C(C)(C)C. The molecule has 2 aromatic rings. The fraction of sp³-hybridized carbons (Fsp3) is 0.625. The molecule has 2 aromatic heterocycles. The lowest BCUT2D eigenvalue weighted by Gasteiger charge is -2.25. The van der Waals surface area contributed by atoms with E-state index in [0.717, 1.165) is 35.7 Å². The van der Waals surface area contributed by atoms with Gasteiger partial charge in [-0.15, -0.1) is 0 Å². The van der Waals surface area contributed by atoms with Crippen molar-refractivity contribution in [3.05, 3.63) is 18.2 Å². The van der Waals surface area contributed by atoms with E-state index in [-0.39, 0.29) is 5.54 Å². The van der Waals surface area contributed by atoms with Crippen molar-refractivity contribution < 1.29 is 0 Å². The number of hydrogen-bond donors (Lipinski definition) is 1. The van der Waals surface area contributed by atoms with E-state index in [9.17, 15) is 0 Å². The van der Waals surface area contributed by atoms with Crippen LogP contribution >= 0.6 is 0 Å². The van der Waals surface area contributed by atoms with Gasteiger partial charge in [-0.05, 0) is 41.0 Å². The highest BCUT2D eigenvalue weighted by atomic mass is 15.3. The molecule has 0 fully saturated rings. The summed E-state index contributed by atoms with van der Waals surface area (Å²) in [4.78, 5) is 4.79. The third-order valence-electron chi connectivity index (χ3n) is 3.53. The summed E-state index contributed by atoms with van der Waals surface area (Å²) in [7, 11) is 0. The molecule has 0 atom stereocenters. The monoisotopic (exact) mass is 289 g/mol. The maximum absolute atomic E-state index is 6.40. The van der Waals surface area contributed by atoms with Crippen LogP contribution in [-0.2, 0) is 12.0 Å². The van der Waals surface area contributed by atoms with E-state index in [1.807, 2.05) is 17.1 Å². The second-order valence-electron chi connectivity index (χ2n) is 6.82. The van der Waals surface area contributed by atoms with Crippen LogP contribution in [0.15, 0.2) is 12.4 Å². The second kappa shape index (κ2) is 5.54. The molecule has 2 rings (SSSR count). The molecule has 2 heterocycles. The summed E-state index contributed by atoms with van der Waals surface area (Å²) in [5.41, 5.74) is 8.16. The average molecular weight is 289 g/mol. The number of aryl methyl sites for hydroxylation is 1. The Balaban J connectivity index is 2.54. The largest absolute Gasteiger partial charge is 0.383 e. The maximum atomic E-state index is 6.40. The third kappa shape index (κ3) is 2.96. The Labute approximate surface area is 127 Å². The van der Waals surface area contributed by atoms with Gasteiger partial charge in [-0.3, -0.25) is 4.68 Å². The highest BCUT2D eigenvalue weighted by Gasteiger charge is 2.24. The van der Waals surface area contributed by atoms with E-state index in [1.165, 1.54) is 0 Å². The van der Waals surface area contributed by atoms with Crippen molar-refractivity contribution in [2.45, 2.75) is 66.0 Å². The summed E-state index contributed by atoms with van der Waals surface area (Å²) in [5, 5.41) is 4.39. The van der Waals surface area contributed by atoms with Crippen LogP contribution in [-0.4, -0.2) is 19.3 Å². The second-order valence-corrected chi connectivity index (χ2v) is 6.82.